The smallest absolute Gasteiger partial charge is 0.101 e. The summed E-state index contributed by atoms with van der Waals surface area (Å²) in [6, 6.07) is 26.8. The summed E-state index contributed by atoms with van der Waals surface area (Å²) >= 11 is 6.16. The Kier molecular flexibility index (Phi) is 6.47. The molecule has 32 heavy (non-hydrogen) atoms. The van der Waals surface area contributed by atoms with Gasteiger partial charge >= 0.3 is 0 Å². The lowest BCUT2D eigenvalue weighted by atomic mass is 9.97. The number of halogens is 1. The van der Waals surface area contributed by atoms with Gasteiger partial charge in [0.1, 0.15) is 6.07 Å². The minimum atomic E-state index is 0.0941. The highest BCUT2D eigenvalue weighted by atomic mass is 35.5. The highest BCUT2D eigenvalue weighted by Gasteiger charge is 2.32. The van der Waals surface area contributed by atoms with Gasteiger partial charge in [0.2, 0.25) is 0 Å². The molecule has 0 bridgehead atoms. The molecule has 1 aliphatic heterocycles. The van der Waals surface area contributed by atoms with Crippen LogP contribution in [0.5, 0.6) is 0 Å². The maximum Gasteiger partial charge on any atom is 0.101 e. The first kappa shape index (κ1) is 21.9. The molecule has 2 unspecified atom stereocenters. The van der Waals surface area contributed by atoms with Crippen LogP contribution in [0.25, 0.3) is 0 Å². The molecule has 0 spiro atoms. The molecule has 1 fully saturated rings. The van der Waals surface area contributed by atoms with Gasteiger partial charge in [-0.1, -0.05) is 41.9 Å². The van der Waals surface area contributed by atoms with E-state index in [9.17, 15) is 5.26 Å². The zero-order valence-corrected chi connectivity index (χ0v) is 19.0. The predicted octanol–water partition coefficient (Wildman–Crippen LogP) is 6.02. The summed E-state index contributed by atoms with van der Waals surface area (Å²) in [5.74, 6) is 0. The predicted molar refractivity (Wildman–Crippen MR) is 129 cm³/mol. The molecule has 1 saturated heterocycles. The number of hydrogen-bond donors (Lipinski definition) is 0. The van der Waals surface area contributed by atoms with Crippen molar-refractivity contribution in [1.82, 2.24) is 4.90 Å². The first-order valence-electron chi connectivity index (χ1n) is 10.8. The van der Waals surface area contributed by atoms with E-state index in [0.29, 0.717) is 16.1 Å². The number of rotatable bonds is 4. The molecule has 4 nitrogen and oxygen atoms in total. The average molecular weight is 441 g/mol. The van der Waals surface area contributed by atoms with Crippen LogP contribution < -0.4 is 4.90 Å². The minimum Gasteiger partial charge on any atom is -0.361 e. The van der Waals surface area contributed by atoms with Crippen LogP contribution in [0.4, 0.5) is 5.69 Å². The van der Waals surface area contributed by atoms with Crippen LogP contribution in [0.2, 0.25) is 5.02 Å². The molecule has 4 rings (SSSR count). The van der Waals surface area contributed by atoms with Crippen LogP contribution in [0, 0.1) is 29.6 Å². The molecule has 0 aromatic heterocycles. The number of benzene rings is 3. The van der Waals surface area contributed by atoms with Crippen molar-refractivity contribution in [3.8, 4) is 12.1 Å². The average Bonchev–Trinajstić information content (AvgIpc) is 2.84. The molecule has 3 aromatic carbocycles. The van der Waals surface area contributed by atoms with Crippen molar-refractivity contribution in [2.24, 2.45) is 0 Å². The van der Waals surface area contributed by atoms with Gasteiger partial charge in [0, 0.05) is 30.7 Å². The van der Waals surface area contributed by atoms with E-state index in [4.69, 9.17) is 16.9 Å². The van der Waals surface area contributed by atoms with Crippen molar-refractivity contribution in [2.45, 2.75) is 25.9 Å². The highest BCUT2D eigenvalue weighted by Crippen LogP contribution is 2.36. The van der Waals surface area contributed by atoms with Gasteiger partial charge in [0.05, 0.1) is 28.9 Å². The van der Waals surface area contributed by atoms with Crippen LogP contribution >= 0.6 is 11.6 Å². The van der Waals surface area contributed by atoms with Gasteiger partial charge in [-0.15, -0.1) is 0 Å². The molecule has 5 heteroatoms. The Morgan fingerprint density at radius 3 is 2.31 bits per heavy atom. The molecule has 160 valence electrons. The van der Waals surface area contributed by atoms with E-state index in [1.54, 1.807) is 0 Å². The van der Waals surface area contributed by atoms with Gasteiger partial charge in [-0.25, -0.2) is 0 Å². The van der Waals surface area contributed by atoms with Crippen molar-refractivity contribution in [2.75, 3.05) is 24.5 Å². The molecule has 0 radical (unpaired) electrons. The van der Waals surface area contributed by atoms with E-state index in [1.165, 1.54) is 11.1 Å². The van der Waals surface area contributed by atoms with Crippen LogP contribution in [0.15, 0.2) is 66.7 Å². The van der Waals surface area contributed by atoms with Gasteiger partial charge < -0.3 is 4.90 Å². The third kappa shape index (κ3) is 4.48. The first-order valence-corrected chi connectivity index (χ1v) is 11.1. The Balaban J connectivity index is 1.67. The lowest BCUT2D eigenvalue weighted by Crippen LogP contribution is -2.49. The van der Waals surface area contributed by atoms with Crippen LogP contribution in [-0.2, 0) is 0 Å². The van der Waals surface area contributed by atoms with Gasteiger partial charge in [0.15, 0.2) is 0 Å². The van der Waals surface area contributed by atoms with Gasteiger partial charge in [-0.05, 0) is 66.9 Å². The fourth-order valence-corrected chi connectivity index (χ4v) is 4.58. The number of nitriles is 2. The highest BCUT2D eigenvalue weighted by molar-refractivity contribution is 6.30. The fraction of sp³-hybridized carbons (Fsp3) is 0.259. The maximum atomic E-state index is 9.77. The Morgan fingerprint density at radius 1 is 0.938 bits per heavy atom. The van der Waals surface area contributed by atoms with E-state index >= 15 is 0 Å². The number of anilines is 1. The number of hydrogen-bond acceptors (Lipinski definition) is 4. The summed E-state index contributed by atoms with van der Waals surface area (Å²) in [5.41, 5.74) is 5.81. The molecule has 0 N–H and O–H groups in total. The van der Waals surface area contributed by atoms with E-state index in [1.807, 2.05) is 49.4 Å². The van der Waals surface area contributed by atoms with E-state index in [-0.39, 0.29) is 12.1 Å². The van der Waals surface area contributed by atoms with Crippen LogP contribution in [-0.4, -0.2) is 24.5 Å². The van der Waals surface area contributed by atoms with Crippen molar-refractivity contribution in [3.63, 3.8) is 0 Å². The molecule has 1 aliphatic rings. The summed E-state index contributed by atoms with van der Waals surface area (Å²) in [4.78, 5) is 4.82. The summed E-state index contributed by atoms with van der Waals surface area (Å²) in [7, 11) is 0. The first-order chi connectivity index (χ1) is 15.5. The van der Waals surface area contributed by atoms with Crippen molar-refractivity contribution in [3.05, 3.63) is 99.6 Å². The fourth-order valence-electron chi connectivity index (χ4n) is 4.45. The third-order valence-corrected chi connectivity index (χ3v) is 6.57. The van der Waals surface area contributed by atoms with E-state index in [0.717, 1.165) is 30.9 Å². The molecule has 2 atom stereocenters. The molecule has 0 aliphatic carbocycles. The zero-order valence-electron chi connectivity index (χ0n) is 18.3. The van der Waals surface area contributed by atoms with Gasteiger partial charge in [0.25, 0.3) is 0 Å². The molecular formula is C27H25ClN4. The van der Waals surface area contributed by atoms with Crippen molar-refractivity contribution in [1.29, 1.82) is 10.5 Å². The molecule has 1 heterocycles. The standard InChI is InChI=1S/C27H25ClN4/c1-19-3-12-26(24(15-19)17-30)32-14-13-31(18-27(32)23-8-10-25(28)11-9-23)20(2)22-6-4-21(16-29)5-7-22/h3-12,15,20,27H,13-14,18H2,1-2H3. The van der Waals surface area contributed by atoms with Crippen LogP contribution in [0.3, 0.4) is 0 Å². The summed E-state index contributed by atoms with van der Waals surface area (Å²) in [6.45, 7) is 6.73. The van der Waals surface area contributed by atoms with E-state index in [2.05, 4.69) is 53.1 Å². The largest absolute Gasteiger partial charge is 0.361 e. The summed E-state index contributed by atoms with van der Waals surface area (Å²) in [5, 5.41) is 19.6. The second-order valence-corrected chi connectivity index (χ2v) is 8.73. The molecule has 3 aromatic rings. The van der Waals surface area contributed by atoms with Gasteiger partial charge in [-0.3, -0.25) is 4.90 Å². The quantitative estimate of drug-likeness (QED) is 0.498. The molecular weight excluding hydrogens is 416 g/mol. The van der Waals surface area contributed by atoms with Gasteiger partial charge in [-0.2, -0.15) is 10.5 Å². The second-order valence-electron chi connectivity index (χ2n) is 8.30. The molecule has 0 saturated carbocycles. The Bertz CT molecular complexity index is 1170. The lowest BCUT2D eigenvalue weighted by molar-refractivity contribution is 0.171. The lowest BCUT2D eigenvalue weighted by Gasteiger charge is -2.45. The SMILES string of the molecule is Cc1ccc(N2CCN(C(C)c3ccc(C#N)cc3)CC2c2ccc(Cl)cc2)c(C#N)c1. The summed E-state index contributed by atoms with van der Waals surface area (Å²) < 4.78 is 0. The monoisotopic (exact) mass is 440 g/mol. The topological polar surface area (TPSA) is 54.1 Å². The number of piperazine rings is 1. The van der Waals surface area contributed by atoms with Crippen molar-refractivity contribution >= 4 is 17.3 Å². The van der Waals surface area contributed by atoms with E-state index < -0.39 is 0 Å². The normalized spacial score (nSPS) is 17.4. The third-order valence-electron chi connectivity index (χ3n) is 6.32. The maximum absolute atomic E-state index is 9.77. The number of aryl methyl sites for hydroxylation is 1. The minimum absolute atomic E-state index is 0.0941. The van der Waals surface area contributed by atoms with Crippen LogP contribution in [0.1, 0.15) is 46.8 Å². The Morgan fingerprint density at radius 2 is 1.66 bits per heavy atom. The molecule has 0 amide bonds. The van der Waals surface area contributed by atoms with Crippen molar-refractivity contribution < 1.29 is 0 Å². The summed E-state index contributed by atoms with van der Waals surface area (Å²) in [6.07, 6.45) is 0. The zero-order chi connectivity index (χ0) is 22.7. The Hall–Kier alpha value is -3.31. The Labute approximate surface area is 194 Å². The second kappa shape index (κ2) is 9.45. The number of nitrogens with zero attached hydrogens (tertiary/aromatic N) is 4.